The van der Waals surface area contributed by atoms with E-state index in [1.54, 1.807) is 24.6 Å². The van der Waals surface area contributed by atoms with Gasteiger partial charge in [0.15, 0.2) is 0 Å². The van der Waals surface area contributed by atoms with Crippen molar-refractivity contribution < 1.29 is 58.8 Å². The van der Waals surface area contributed by atoms with Crippen molar-refractivity contribution in [2.24, 2.45) is 5.73 Å². The zero-order valence-electron chi connectivity index (χ0n) is 30.2. The number of carbonyl (C=O) groups excluding carboxylic acids is 5. The number of benzene rings is 1. The van der Waals surface area contributed by atoms with Crippen molar-refractivity contribution in [3.63, 3.8) is 0 Å². The third-order valence-electron chi connectivity index (χ3n) is 8.58. The minimum absolute atomic E-state index is 0.0252. The summed E-state index contributed by atoms with van der Waals surface area (Å²) in [4.78, 5) is 103. The molecule has 10 N–H and O–H groups in total. The summed E-state index contributed by atoms with van der Waals surface area (Å²) in [6.45, 7) is 0.159. The van der Waals surface area contributed by atoms with Gasteiger partial charge < -0.3 is 52.3 Å². The monoisotopic (exact) mass is 798 g/mol. The standard InChI is InChI=1S/C34H50N6O12S2/c1-53-16-13-22(30(47)38-24(34(51)52)10-12-28(44)45)36-32(49)26-4-3-15-40(26)33(50)23(14-17-54-2)37-31(48)25(18-19-5-7-20(41)8-6-19)39-29(46)21(35)9-11-27(42)43/h5-8,21-26,41H,3-4,9-18,35H2,1-2H3,(H,36,49)(H,37,48)(H,38,47)(H,39,46)(H,42,43)(H,44,45)(H,51,52)/t21-,22-,23-,24-,25-,26-/m0/s1. The van der Waals surface area contributed by atoms with Gasteiger partial charge in [-0.3, -0.25) is 33.6 Å². The van der Waals surface area contributed by atoms with Crippen LogP contribution in [0.3, 0.4) is 0 Å². The molecule has 1 saturated heterocycles. The van der Waals surface area contributed by atoms with Crippen LogP contribution in [0.15, 0.2) is 24.3 Å². The molecule has 18 nitrogen and oxygen atoms in total. The van der Waals surface area contributed by atoms with E-state index >= 15 is 0 Å². The second-order valence-electron chi connectivity index (χ2n) is 12.7. The number of aliphatic carboxylic acids is 3. The number of thioether (sulfide) groups is 2. The lowest BCUT2D eigenvalue weighted by molar-refractivity contribution is -0.144. The predicted octanol–water partition coefficient (Wildman–Crippen LogP) is -0.487. The molecule has 0 aromatic heterocycles. The van der Waals surface area contributed by atoms with Gasteiger partial charge in [0.2, 0.25) is 29.5 Å². The number of phenols is 1. The largest absolute Gasteiger partial charge is 0.508 e. The molecule has 1 aliphatic rings. The van der Waals surface area contributed by atoms with Crippen LogP contribution in [-0.4, -0.2) is 140 Å². The summed E-state index contributed by atoms with van der Waals surface area (Å²) in [5.74, 6) is -6.60. The van der Waals surface area contributed by atoms with Gasteiger partial charge in [0.05, 0.1) is 6.04 Å². The fourth-order valence-corrected chi connectivity index (χ4v) is 6.55. The molecule has 54 heavy (non-hydrogen) atoms. The van der Waals surface area contributed by atoms with E-state index in [4.69, 9.17) is 15.9 Å². The van der Waals surface area contributed by atoms with Gasteiger partial charge in [0.1, 0.15) is 36.0 Å². The van der Waals surface area contributed by atoms with Crippen LogP contribution in [0.1, 0.15) is 56.9 Å². The number of hydrogen-bond donors (Lipinski definition) is 9. The Balaban J connectivity index is 2.28. The topological polar surface area (TPSA) is 295 Å². The number of likely N-dealkylation sites (tertiary alicyclic amines) is 1. The number of carboxylic acids is 3. The molecule has 0 spiro atoms. The summed E-state index contributed by atoms with van der Waals surface area (Å²) in [6, 6.07) is -1.49. The van der Waals surface area contributed by atoms with E-state index < -0.39 is 90.1 Å². The number of hydrogen-bond acceptors (Lipinski definition) is 12. The highest BCUT2D eigenvalue weighted by molar-refractivity contribution is 7.98. The van der Waals surface area contributed by atoms with E-state index in [2.05, 4.69) is 21.3 Å². The Bertz CT molecular complexity index is 1480. The molecular weight excluding hydrogens is 749 g/mol. The molecule has 0 bridgehead atoms. The number of phenolic OH excluding ortho intramolecular Hbond substituents is 1. The molecule has 20 heteroatoms. The van der Waals surface area contributed by atoms with Gasteiger partial charge in [-0.1, -0.05) is 12.1 Å². The smallest absolute Gasteiger partial charge is 0.326 e. The zero-order valence-corrected chi connectivity index (χ0v) is 31.8. The van der Waals surface area contributed by atoms with Crippen LogP contribution < -0.4 is 27.0 Å². The molecule has 1 aromatic rings. The Morgan fingerprint density at radius 2 is 1.28 bits per heavy atom. The van der Waals surface area contributed by atoms with Gasteiger partial charge in [0.25, 0.3) is 0 Å². The Hall–Kier alpha value is -4.56. The molecule has 0 radical (unpaired) electrons. The molecule has 1 aliphatic heterocycles. The number of rotatable bonds is 24. The molecule has 5 amide bonds. The summed E-state index contributed by atoms with van der Waals surface area (Å²) in [5.41, 5.74) is 6.44. The Kier molecular flexibility index (Phi) is 19.7. The second-order valence-corrected chi connectivity index (χ2v) is 14.6. The average Bonchev–Trinajstić information content (AvgIpc) is 3.62. The van der Waals surface area contributed by atoms with Crippen LogP contribution in [0.2, 0.25) is 0 Å². The number of nitrogens with one attached hydrogen (secondary N) is 4. The molecule has 1 heterocycles. The zero-order chi connectivity index (χ0) is 40.4. The number of carboxylic acid groups (broad SMARTS) is 3. The number of nitrogens with two attached hydrogens (primary N) is 1. The van der Waals surface area contributed by atoms with Crippen molar-refractivity contribution in [3.8, 4) is 5.75 Å². The Morgan fingerprint density at radius 3 is 1.85 bits per heavy atom. The first-order chi connectivity index (χ1) is 25.6. The quantitative estimate of drug-likeness (QED) is 0.0638. The summed E-state index contributed by atoms with van der Waals surface area (Å²) < 4.78 is 0. The molecule has 0 unspecified atom stereocenters. The lowest BCUT2D eigenvalue weighted by atomic mass is 10.0. The molecule has 1 aromatic carbocycles. The van der Waals surface area contributed by atoms with Crippen LogP contribution in [-0.2, 0) is 44.8 Å². The lowest BCUT2D eigenvalue weighted by Crippen LogP contribution is -2.59. The van der Waals surface area contributed by atoms with Gasteiger partial charge in [-0.15, -0.1) is 0 Å². The normalized spacial score (nSPS) is 16.6. The number of carbonyl (C=O) groups is 8. The first kappa shape index (κ1) is 45.6. The van der Waals surface area contributed by atoms with E-state index in [1.165, 1.54) is 40.6 Å². The minimum Gasteiger partial charge on any atom is -0.508 e. The van der Waals surface area contributed by atoms with Crippen molar-refractivity contribution in [1.29, 1.82) is 0 Å². The SMILES string of the molecule is CSCC[C@H](NC(=O)[C@@H]1CCCN1C(=O)[C@H](CCSC)NC(=O)[C@H](Cc1ccc(O)cc1)NC(=O)[C@@H](N)CCC(=O)O)C(=O)N[C@@H](CCC(=O)O)C(=O)O. The molecule has 6 atom stereocenters. The first-order valence-corrected chi connectivity index (χ1v) is 20.1. The van der Waals surface area contributed by atoms with E-state index in [-0.39, 0.29) is 57.2 Å². The van der Waals surface area contributed by atoms with Crippen LogP contribution >= 0.6 is 23.5 Å². The van der Waals surface area contributed by atoms with Crippen molar-refractivity contribution >= 4 is 71.0 Å². The minimum atomic E-state index is -1.50. The van der Waals surface area contributed by atoms with Gasteiger partial charge >= 0.3 is 17.9 Å². The maximum atomic E-state index is 14.1. The van der Waals surface area contributed by atoms with Crippen LogP contribution in [0.4, 0.5) is 0 Å². The van der Waals surface area contributed by atoms with Crippen LogP contribution in [0, 0.1) is 0 Å². The van der Waals surface area contributed by atoms with E-state index in [0.717, 1.165) is 0 Å². The summed E-state index contributed by atoms with van der Waals surface area (Å²) in [6.07, 6.45) is 3.01. The third-order valence-corrected chi connectivity index (χ3v) is 9.87. The first-order valence-electron chi connectivity index (χ1n) is 17.3. The number of amides is 5. The van der Waals surface area contributed by atoms with Crippen LogP contribution in [0.5, 0.6) is 5.75 Å². The second kappa shape index (κ2) is 23.3. The molecule has 0 saturated carbocycles. The highest BCUT2D eigenvalue weighted by atomic mass is 32.2. The maximum Gasteiger partial charge on any atom is 0.326 e. The third kappa shape index (κ3) is 15.4. The van der Waals surface area contributed by atoms with Crippen LogP contribution in [0.25, 0.3) is 0 Å². The number of nitrogens with zero attached hydrogens (tertiary/aromatic N) is 1. The summed E-state index contributed by atoms with van der Waals surface area (Å²) in [5, 5.41) is 47.4. The van der Waals surface area contributed by atoms with Gasteiger partial charge in [-0.05, 0) is 80.2 Å². The van der Waals surface area contributed by atoms with Crippen molar-refractivity contribution in [2.45, 2.75) is 94.0 Å². The van der Waals surface area contributed by atoms with Crippen molar-refractivity contribution in [3.05, 3.63) is 29.8 Å². The van der Waals surface area contributed by atoms with Gasteiger partial charge in [-0.2, -0.15) is 23.5 Å². The molecule has 2 rings (SSSR count). The molecule has 1 fully saturated rings. The Labute approximate surface area is 321 Å². The summed E-state index contributed by atoms with van der Waals surface area (Å²) >= 11 is 2.79. The fourth-order valence-electron chi connectivity index (χ4n) is 5.60. The van der Waals surface area contributed by atoms with Gasteiger partial charge in [0, 0.05) is 25.8 Å². The molecule has 0 aliphatic carbocycles. The predicted molar refractivity (Wildman–Crippen MR) is 200 cm³/mol. The average molecular weight is 799 g/mol. The Morgan fingerprint density at radius 1 is 0.741 bits per heavy atom. The van der Waals surface area contributed by atoms with Crippen molar-refractivity contribution in [2.75, 3.05) is 30.6 Å². The van der Waals surface area contributed by atoms with Crippen molar-refractivity contribution in [1.82, 2.24) is 26.2 Å². The fraction of sp³-hybridized carbons (Fsp3) is 0.588. The molecular formula is C34H50N6O12S2. The van der Waals surface area contributed by atoms with E-state index in [9.17, 15) is 48.6 Å². The number of aromatic hydroxyl groups is 1. The maximum absolute atomic E-state index is 14.1. The van der Waals surface area contributed by atoms with E-state index in [0.29, 0.717) is 23.5 Å². The highest BCUT2D eigenvalue weighted by Gasteiger charge is 2.40. The van der Waals surface area contributed by atoms with E-state index in [1.807, 2.05) is 0 Å². The van der Waals surface area contributed by atoms with Gasteiger partial charge in [-0.25, -0.2) is 4.79 Å². The highest BCUT2D eigenvalue weighted by Crippen LogP contribution is 2.21. The summed E-state index contributed by atoms with van der Waals surface area (Å²) in [7, 11) is 0. The molecule has 300 valence electrons. The lowest BCUT2D eigenvalue weighted by Gasteiger charge is -2.31.